The van der Waals surface area contributed by atoms with Crippen molar-refractivity contribution in [2.75, 3.05) is 33.2 Å². The van der Waals surface area contributed by atoms with E-state index >= 15 is 0 Å². The molecule has 4 nitrogen and oxygen atoms in total. The standard InChI is InChI=1S/C16H20N2O2/c1-17-7-9-18(10-8-17)16(20)15(19)14-6-5-12-3-2-4-13(12)11-14/h5-6,11H,2-4,7-10H2,1H3. The molecule has 0 aromatic heterocycles. The summed E-state index contributed by atoms with van der Waals surface area (Å²) in [7, 11) is 2.03. The van der Waals surface area contributed by atoms with Crippen molar-refractivity contribution in [3.05, 3.63) is 34.9 Å². The van der Waals surface area contributed by atoms with Crippen molar-refractivity contribution in [1.29, 1.82) is 0 Å². The molecule has 0 N–H and O–H groups in total. The van der Waals surface area contributed by atoms with E-state index in [-0.39, 0.29) is 11.7 Å². The zero-order chi connectivity index (χ0) is 14.1. The molecule has 0 bridgehead atoms. The van der Waals surface area contributed by atoms with E-state index in [1.807, 2.05) is 19.2 Å². The third-order valence-corrected chi connectivity index (χ3v) is 4.35. The zero-order valence-corrected chi connectivity index (χ0v) is 11.9. The van der Waals surface area contributed by atoms with E-state index in [0.29, 0.717) is 18.7 Å². The van der Waals surface area contributed by atoms with E-state index in [2.05, 4.69) is 4.90 Å². The average Bonchev–Trinajstić information content (AvgIpc) is 2.94. The highest BCUT2D eigenvalue weighted by Gasteiger charge is 2.26. The van der Waals surface area contributed by atoms with Crippen LogP contribution in [0.15, 0.2) is 18.2 Å². The van der Waals surface area contributed by atoms with Gasteiger partial charge in [-0.3, -0.25) is 9.59 Å². The molecule has 106 valence electrons. The minimum absolute atomic E-state index is 0.351. The van der Waals surface area contributed by atoms with Crippen molar-refractivity contribution >= 4 is 11.7 Å². The van der Waals surface area contributed by atoms with Crippen LogP contribution in [0.5, 0.6) is 0 Å². The molecule has 4 heteroatoms. The Morgan fingerprint density at radius 2 is 1.70 bits per heavy atom. The summed E-state index contributed by atoms with van der Waals surface area (Å²) in [5.41, 5.74) is 3.12. The van der Waals surface area contributed by atoms with Gasteiger partial charge in [-0.05, 0) is 43.5 Å². The van der Waals surface area contributed by atoms with E-state index in [1.165, 1.54) is 11.1 Å². The molecule has 1 aromatic carbocycles. The smallest absolute Gasteiger partial charge is 0.295 e. The quantitative estimate of drug-likeness (QED) is 0.598. The minimum Gasteiger partial charge on any atom is -0.333 e. The summed E-state index contributed by atoms with van der Waals surface area (Å²) >= 11 is 0. The van der Waals surface area contributed by atoms with Gasteiger partial charge in [-0.15, -0.1) is 0 Å². The number of carbonyl (C=O) groups excluding carboxylic acids is 2. The molecule has 1 saturated heterocycles. The predicted octanol–water partition coefficient (Wildman–Crippen LogP) is 1.13. The van der Waals surface area contributed by atoms with Crippen molar-refractivity contribution in [3.8, 4) is 0 Å². The van der Waals surface area contributed by atoms with Gasteiger partial charge in [-0.25, -0.2) is 0 Å². The average molecular weight is 272 g/mol. The Hall–Kier alpha value is -1.68. The van der Waals surface area contributed by atoms with Crippen LogP contribution in [0.25, 0.3) is 0 Å². The van der Waals surface area contributed by atoms with Gasteiger partial charge in [0.15, 0.2) is 0 Å². The first-order valence-electron chi connectivity index (χ1n) is 7.29. The highest BCUT2D eigenvalue weighted by molar-refractivity contribution is 6.42. The van der Waals surface area contributed by atoms with Gasteiger partial charge in [-0.1, -0.05) is 12.1 Å². The molecule has 1 heterocycles. The molecule has 0 spiro atoms. The predicted molar refractivity (Wildman–Crippen MR) is 76.9 cm³/mol. The number of fused-ring (bicyclic) bond motifs is 1. The molecule has 1 aliphatic heterocycles. The lowest BCUT2D eigenvalue weighted by molar-refractivity contribution is -0.127. The Bertz CT molecular complexity index is 545. The first-order valence-corrected chi connectivity index (χ1v) is 7.29. The van der Waals surface area contributed by atoms with Gasteiger partial charge >= 0.3 is 0 Å². The summed E-state index contributed by atoms with van der Waals surface area (Å²) in [4.78, 5) is 28.4. The van der Waals surface area contributed by atoms with Crippen molar-refractivity contribution < 1.29 is 9.59 Å². The number of carbonyl (C=O) groups is 2. The van der Waals surface area contributed by atoms with Crippen LogP contribution in [0, 0.1) is 0 Å². The number of hydrogen-bond donors (Lipinski definition) is 0. The number of amides is 1. The lowest BCUT2D eigenvalue weighted by atomic mass is 10.0. The second-order valence-corrected chi connectivity index (χ2v) is 5.76. The van der Waals surface area contributed by atoms with Gasteiger partial charge in [0.05, 0.1) is 0 Å². The van der Waals surface area contributed by atoms with E-state index in [0.717, 1.165) is 32.4 Å². The molecule has 1 aliphatic carbocycles. The van der Waals surface area contributed by atoms with Crippen molar-refractivity contribution in [1.82, 2.24) is 9.80 Å². The lowest BCUT2D eigenvalue weighted by Gasteiger charge is -2.31. The highest BCUT2D eigenvalue weighted by Crippen LogP contribution is 2.23. The molecule has 1 aromatic rings. The SMILES string of the molecule is CN1CCN(C(=O)C(=O)c2ccc3c(c2)CCC3)CC1. The van der Waals surface area contributed by atoms with Crippen LogP contribution in [0.4, 0.5) is 0 Å². The summed E-state index contributed by atoms with van der Waals surface area (Å²) in [6, 6.07) is 5.73. The van der Waals surface area contributed by atoms with Crippen LogP contribution in [0.3, 0.4) is 0 Å². The lowest BCUT2D eigenvalue weighted by Crippen LogP contribution is -2.49. The summed E-state index contributed by atoms with van der Waals surface area (Å²) in [5.74, 6) is -0.708. The Kier molecular flexibility index (Phi) is 3.57. The fourth-order valence-corrected chi connectivity index (χ4v) is 2.99. The Balaban J connectivity index is 1.73. The monoisotopic (exact) mass is 272 g/mol. The van der Waals surface area contributed by atoms with Crippen LogP contribution < -0.4 is 0 Å². The van der Waals surface area contributed by atoms with Crippen LogP contribution in [-0.4, -0.2) is 54.7 Å². The second-order valence-electron chi connectivity index (χ2n) is 5.76. The minimum atomic E-state index is -0.357. The number of piperazine rings is 1. The van der Waals surface area contributed by atoms with E-state index in [9.17, 15) is 9.59 Å². The van der Waals surface area contributed by atoms with Crippen molar-refractivity contribution in [2.24, 2.45) is 0 Å². The van der Waals surface area contributed by atoms with Crippen LogP contribution >= 0.6 is 0 Å². The van der Waals surface area contributed by atoms with Crippen molar-refractivity contribution in [2.45, 2.75) is 19.3 Å². The highest BCUT2D eigenvalue weighted by atomic mass is 16.2. The van der Waals surface area contributed by atoms with Gasteiger partial charge in [0, 0.05) is 31.7 Å². The fraction of sp³-hybridized carbons (Fsp3) is 0.500. The number of aryl methyl sites for hydroxylation is 2. The number of rotatable bonds is 2. The van der Waals surface area contributed by atoms with Crippen molar-refractivity contribution in [3.63, 3.8) is 0 Å². The van der Waals surface area contributed by atoms with E-state index < -0.39 is 0 Å². The summed E-state index contributed by atoms with van der Waals surface area (Å²) < 4.78 is 0. The number of Topliss-reactive ketones (excluding diaryl/α,β-unsaturated/α-hetero) is 1. The molecule has 2 aliphatic rings. The molecule has 0 radical (unpaired) electrons. The first-order chi connectivity index (χ1) is 9.65. The van der Waals surface area contributed by atoms with Gasteiger partial charge in [0.1, 0.15) is 0 Å². The molecular weight excluding hydrogens is 252 g/mol. The van der Waals surface area contributed by atoms with Gasteiger partial charge in [-0.2, -0.15) is 0 Å². The van der Waals surface area contributed by atoms with E-state index in [4.69, 9.17) is 0 Å². The Labute approximate surface area is 119 Å². The third-order valence-electron chi connectivity index (χ3n) is 4.35. The summed E-state index contributed by atoms with van der Waals surface area (Å²) in [6.07, 6.45) is 3.27. The van der Waals surface area contributed by atoms with Crippen LogP contribution in [-0.2, 0) is 17.6 Å². The molecule has 0 saturated carbocycles. The fourth-order valence-electron chi connectivity index (χ4n) is 2.99. The summed E-state index contributed by atoms with van der Waals surface area (Å²) in [5, 5.41) is 0. The molecule has 0 unspecified atom stereocenters. The third kappa shape index (κ3) is 2.48. The van der Waals surface area contributed by atoms with Gasteiger partial charge in [0.25, 0.3) is 5.91 Å². The largest absolute Gasteiger partial charge is 0.333 e. The molecule has 20 heavy (non-hydrogen) atoms. The topological polar surface area (TPSA) is 40.6 Å². The number of ketones is 1. The second kappa shape index (κ2) is 5.37. The Morgan fingerprint density at radius 1 is 1.00 bits per heavy atom. The van der Waals surface area contributed by atoms with Gasteiger partial charge < -0.3 is 9.80 Å². The molecule has 0 atom stereocenters. The summed E-state index contributed by atoms with van der Waals surface area (Å²) in [6.45, 7) is 2.96. The maximum atomic E-state index is 12.3. The number of benzene rings is 1. The first kappa shape index (κ1) is 13.3. The van der Waals surface area contributed by atoms with E-state index in [1.54, 1.807) is 11.0 Å². The maximum absolute atomic E-state index is 12.3. The molecule has 1 fully saturated rings. The number of nitrogens with zero attached hydrogens (tertiary/aromatic N) is 2. The Morgan fingerprint density at radius 3 is 2.45 bits per heavy atom. The zero-order valence-electron chi connectivity index (χ0n) is 11.9. The van der Waals surface area contributed by atoms with Crippen LogP contribution in [0.2, 0.25) is 0 Å². The maximum Gasteiger partial charge on any atom is 0.295 e. The molecule has 1 amide bonds. The normalized spacial score (nSPS) is 18.9. The number of hydrogen-bond acceptors (Lipinski definition) is 3. The number of likely N-dealkylation sites (N-methyl/N-ethyl adjacent to an activating group) is 1. The molecule has 3 rings (SSSR count). The molecular formula is C16H20N2O2. The van der Waals surface area contributed by atoms with Gasteiger partial charge in [0.2, 0.25) is 5.78 Å². The van der Waals surface area contributed by atoms with Crippen LogP contribution in [0.1, 0.15) is 27.9 Å².